The second-order valence-electron chi connectivity index (χ2n) is 7.57. The molecule has 0 bridgehead atoms. The molecule has 0 saturated carbocycles. The summed E-state index contributed by atoms with van der Waals surface area (Å²) in [5, 5.41) is 0. The van der Waals surface area contributed by atoms with Gasteiger partial charge >= 0.3 is 6.18 Å². The van der Waals surface area contributed by atoms with Crippen LogP contribution in [-0.4, -0.2) is 43.9 Å². The number of nitrogens with zero attached hydrogens (tertiary/aromatic N) is 3. The van der Waals surface area contributed by atoms with E-state index in [2.05, 4.69) is 11.6 Å². The number of alkyl halides is 3. The van der Waals surface area contributed by atoms with Crippen molar-refractivity contribution in [3.8, 4) is 0 Å². The van der Waals surface area contributed by atoms with Gasteiger partial charge in [0.15, 0.2) is 0 Å². The van der Waals surface area contributed by atoms with Gasteiger partial charge in [0.25, 0.3) is 0 Å². The average Bonchev–Trinajstić information content (AvgIpc) is 2.73. The Hall–Kier alpha value is -2.39. The summed E-state index contributed by atoms with van der Waals surface area (Å²) >= 11 is 0. The SMILES string of the molecule is C=Cc1ccccc1C(C)(C)S(=O)(=O)N1CCN(c2ncccc2C(F)(F)F)CC1. The van der Waals surface area contributed by atoms with Crippen molar-refractivity contribution in [1.82, 2.24) is 9.29 Å². The standard InChI is InChI=1S/C21H24F3N3O2S/c1-4-16-8-5-6-9-17(16)20(2,3)30(28,29)27-14-12-26(13-15-27)19-18(21(22,23)24)10-7-11-25-19/h4-11H,1,12-15H2,2-3H3. The summed E-state index contributed by atoms with van der Waals surface area (Å²) in [6, 6.07) is 9.38. The zero-order valence-corrected chi connectivity index (χ0v) is 17.7. The van der Waals surface area contributed by atoms with Crippen molar-refractivity contribution in [2.24, 2.45) is 0 Å². The molecule has 1 aliphatic rings. The Labute approximate surface area is 174 Å². The van der Waals surface area contributed by atoms with Crippen molar-refractivity contribution < 1.29 is 21.6 Å². The van der Waals surface area contributed by atoms with Gasteiger partial charge in [-0.15, -0.1) is 0 Å². The molecular formula is C21H24F3N3O2S. The highest BCUT2D eigenvalue weighted by Crippen LogP contribution is 2.37. The van der Waals surface area contributed by atoms with Crippen LogP contribution in [0.25, 0.3) is 6.08 Å². The maximum absolute atomic E-state index is 13.4. The third-order valence-corrected chi connectivity index (χ3v) is 8.00. The molecule has 0 unspecified atom stereocenters. The summed E-state index contributed by atoms with van der Waals surface area (Å²) in [4.78, 5) is 5.39. The minimum Gasteiger partial charge on any atom is -0.353 e. The fourth-order valence-corrected chi connectivity index (χ4v) is 5.45. The summed E-state index contributed by atoms with van der Waals surface area (Å²) in [5.74, 6) is -0.168. The first kappa shape index (κ1) is 22.3. The summed E-state index contributed by atoms with van der Waals surface area (Å²) in [5.41, 5.74) is 0.543. The van der Waals surface area contributed by atoms with Gasteiger partial charge in [-0.25, -0.2) is 13.4 Å². The first-order valence-corrected chi connectivity index (χ1v) is 10.9. The Bertz CT molecular complexity index is 1030. The highest BCUT2D eigenvalue weighted by atomic mass is 32.2. The van der Waals surface area contributed by atoms with Gasteiger partial charge in [0.05, 0.1) is 5.56 Å². The lowest BCUT2D eigenvalue weighted by Gasteiger charge is -2.39. The highest BCUT2D eigenvalue weighted by Gasteiger charge is 2.43. The van der Waals surface area contributed by atoms with E-state index in [-0.39, 0.29) is 32.0 Å². The topological polar surface area (TPSA) is 53.5 Å². The zero-order valence-electron chi connectivity index (χ0n) is 16.9. The second kappa shape index (κ2) is 8.03. The van der Waals surface area contributed by atoms with E-state index in [4.69, 9.17) is 0 Å². The molecule has 30 heavy (non-hydrogen) atoms. The molecule has 1 aromatic carbocycles. The molecular weight excluding hydrogens is 415 g/mol. The number of hydrogen-bond acceptors (Lipinski definition) is 4. The van der Waals surface area contributed by atoms with Crippen molar-refractivity contribution in [2.45, 2.75) is 24.8 Å². The van der Waals surface area contributed by atoms with Crippen LogP contribution in [0, 0.1) is 0 Å². The van der Waals surface area contributed by atoms with Gasteiger partial charge in [0.1, 0.15) is 10.6 Å². The van der Waals surface area contributed by atoms with E-state index < -0.39 is 26.5 Å². The summed E-state index contributed by atoms with van der Waals surface area (Å²) < 4.78 is 66.9. The van der Waals surface area contributed by atoms with Crippen molar-refractivity contribution >= 4 is 21.9 Å². The molecule has 0 aliphatic carbocycles. The van der Waals surface area contributed by atoms with Gasteiger partial charge in [-0.3, -0.25) is 0 Å². The predicted molar refractivity (Wildman–Crippen MR) is 112 cm³/mol. The molecule has 1 saturated heterocycles. The Morgan fingerprint density at radius 2 is 1.60 bits per heavy atom. The smallest absolute Gasteiger partial charge is 0.353 e. The molecule has 2 heterocycles. The molecule has 1 aromatic heterocycles. The van der Waals surface area contributed by atoms with E-state index in [0.29, 0.717) is 5.56 Å². The van der Waals surface area contributed by atoms with E-state index in [9.17, 15) is 21.6 Å². The number of piperazine rings is 1. The summed E-state index contributed by atoms with van der Waals surface area (Å²) in [7, 11) is -3.78. The molecule has 1 aliphatic heterocycles. The largest absolute Gasteiger partial charge is 0.419 e. The van der Waals surface area contributed by atoms with E-state index in [1.165, 1.54) is 21.5 Å². The fraction of sp³-hybridized carbons (Fsp3) is 0.381. The maximum Gasteiger partial charge on any atom is 0.419 e. The number of hydrogen-bond donors (Lipinski definition) is 0. The molecule has 9 heteroatoms. The Morgan fingerprint density at radius 3 is 2.20 bits per heavy atom. The van der Waals surface area contributed by atoms with Crippen molar-refractivity contribution in [2.75, 3.05) is 31.1 Å². The average molecular weight is 440 g/mol. The van der Waals surface area contributed by atoms with Crippen molar-refractivity contribution in [1.29, 1.82) is 0 Å². The van der Waals surface area contributed by atoms with Crippen molar-refractivity contribution in [3.05, 3.63) is 65.9 Å². The van der Waals surface area contributed by atoms with Gasteiger partial charge in [-0.2, -0.15) is 17.5 Å². The fourth-order valence-electron chi connectivity index (χ4n) is 3.70. The third-order valence-electron chi connectivity index (χ3n) is 5.44. The first-order chi connectivity index (χ1) is 14.0. The molecule has 2 aromatic rings. The highest BCUT2D eigenvalue weighted by molar-refractivity contribution is 7.90. The Morgan fingerprint density at radius 1 is 1.00 bits per heavy atom. The second-order valence-corrected chi connectivity index (χ2v) is 10.1. The Balaban J connectivity index is 1.83. The van der Waals surface area contributed by atoms with E-state index >= 15 is 0 Å². The number of benzene rings is 1. The van der Waals surface area contributed by atoms with Gasteiger partial charge in [0.2, 0.25) is 10.0 Å². The number of sulfonamides is 1. The van der Waals surface area contributed by atoms with Crippen LogP contribution in [0.3, 0.4) is 0 Å². The Kier molecular flexibility index (Phi) is 5.97. The van der Waals surface area contributed by atoms with E-state index in [1.807, 2.05) is 6.07 Å². The lowest BCUT2D eigenvalue weighted by molar-refractivity contribution is -0.137. The van der Waals surface area contributed by atoms with Crippen molar-refractivity contribution in [3.63, 3.8) is 0 Å². The normalized spacial score (nSPS) is 16.5. The molecule has 5 nitrogen and oxygen atoms in total. The van der Waals surface area contributed by atoms with Crippen LogP contribution >= 0.6 is 0 Å². The quantitative estimate of drug-likeness (QED) is 0.703. The van der Waals surface area contributed by atoms with Crippen LogP contribution in [0.2, 0.25) is 0 Å². The van der Waals surface area contributed by atoms with Crippen LogP contribution in [-0.2, 0) is 20.9 Å². The number of pyridine rings is 1. The zero-order chi connectivity index (χ0) is 22.2. The molecule has 0 N–H and O–H groups in total. The minimum absolute atomic E-state index is 0.0793. The van der Waals surface area contributed by atoms with Gasteiger partial charge in [-0.05, 0) is 37.1 Å². The number of aromatic nitrogens is 1. The molecule has 0 radical (unpaired) electrons. The molecule has 3 rings (SSSR count). The summed E-state index contributed by atoms with van der Waals surface area (Å²) in [6.07, 6.45) is -1.60. The molecule has 1 fully saturated rings. The molecule has 0 atom stereocenters. The van der Waals surface area contributed by atoms with E-state index in [0.717, 1.165) is 11.6 Å². The lowest BCUT2D eigenvalue weighted by atomic mass is 9.96. The van der Waals surface area contributed by atoms with Crippen LogP contribution in [0.5, 0.6) is 0 Å². The molecule has 0 spiro atoms. The van der Waals surface area contributed by atoms with Crippen LogP contribution < -0.4 is 4.90 Å². The number of anilines is 1. The van der Waals surface area contributed by atoms with Crippen LogP contribution in [0.4, 0.5) is 19.0 Å². The van der Waals surface area contributed by atoms with Gasteiger partial charge in [-0.1, -0.05) is 36.9 Å². The summed E-state index contributed by atoms with van der Waals surface area (Å²) in [6.45, 7) is 7.44. The van der Waals surface area contributed by atoms with Gasteiger partial charge in [0, 0.05) is 32.4 Å². The lowest BCUT2D eigenvalue weighted by Crippen LogP contribution is -2.53. The third kappa shape index (κ3) is 3.96. The number of halogens is 3. The maximum atomic E-state index is 13.4. The van der Waals surface area contributed by atoms with Crippen LogP contribution in [0.15, 0.2) is 49.2 Å². The molecule has 0 amide bonds. The predicted octanol–water partition coefficient (Wildman–Crippen LogP) is 4.13. The van der Waals surface area contributed by atoms with E-state index in [1.54, 1.807) is 38.1 Å². The monoisotopic (exact) mass is 439 g/mol. The first-order valence-electron chi connectivity index (χ1n) is 9.49. The van der Waals surface area contributed by atoms with Gasteiger partial charge < -0.3 is 4.90 Å². The van der Waals surface area contributed by atoms with Crippen LogP contribution in [0.1, 0.15) is 30.5 Å². The number of rotatable bonds is 5. The minimum atomic E-state index is -4.52. The molecule has 162 valence electrons.